The first kappa shape index (κ1) is 15.6. The summed E-state index contributed by atoms with van der Waals surface area (Å²) >= 11 is 0. The van der Waals surface area contributed by atoms with Gasteiger partial charge in [-0.15, -0.1) is 0 Å². The molecule has 0 radical (unpaired) electrons. The first-order chi connectivity index (χ1) is 10.7. The van der Waals surface area contributed by atoms with Crippen molar-refractivity contribution in [2.75, 3.05) is 24.4 Å². The standard InChI is InChI=1S/C16H19N3O3/c1-3-22-16(20)19-15-9-6-13(11-18-15)17-10-12-4-7-14(21-2)8-5-12/h4-9,11,17H,3,10H2,1-2H3,(H,18,19,20). The van der Waals surface area contributed by atoms with Crippen LogP contribution in [0.1, 0.15) is 12.5 Å². The van der Waals surface area contributed by atoms with Crippen LogP contribution in [0.4, 0.5) is 16.3 Å². The molecule has 1 aromatic carbocycles. The predicted octanol–water partition coefficient (Wildman–Crippen LogP) is 3.27. The van der Waals surface area contributed by atoms with Crippen molar-refractivity contribution in [3.8, 4) is 5.75 Å². The fourth-order valence-corrected chi connectivity index (χ4v) is 1.79. The second-order valence-corrected chi connectivity index (χ2v) is 4.48. The van der Waals surface area contributed by atoms with Gasteiger partial charge in [-0.25, -0.2) is 9.78 Å². The lowest BCUT2D eigenvalue weighted by molar-refractivity contribution is 0.168. The molecule has 0 aliphatic rings. The Kier molecular flexibility index (Phi) is 5.59. The molecule has 1 heterocycles. The summed E-state index contributed by atoms with van der Waals surface area (Å²) < 4.78 is 9.90. The zero-order valence-electron chi connectivity index (χ0n) is 12.6. The minimum atomic E-state index is -0.506. The van der Waals surface area contributed by atoms with Gasteiger partial charge in [0.05, 0.1) is 25.6 Å². The van der Waals surface area contributed by atoms with E-state index in [0.717, 1.165) is 17.0 Å². The number of aromatic nitrogens is 1. The van der Waals surface area contributed by atoms with Gasteiger partial charge in [0.2, 0.25) is 0 Å². The molecule has 0 saturated heterocycles. The molecule has 0 saturated carbocycles. The van der Waals surface area contributed by atoms with E-state index in [0.29, 0.717) is 19.0 Å². The minimum Gasteiger partial charge on any atom is -0.497 e. The summed E-state index contributed by atoms with van der Waals surface area (Å²) in [6.07, 6.45) is 1.15. The highest BCUT2D eigenvalue weighted by Gasteiger charge is 2.02. The molecular formula is C16H19N3O3. The van der Waals surface area contributed by atoms with Crippen molar-refractivity contribution in [2.24, 2.45) is 0 Å². The molecule has 0 atom stereocenters. The molecule has 2 N–H and O–H groups in total. The topological polar surface area (TPSA) is 72.5 Å². The Morgan fingerprint density at radius 2 is 1.95 bits per heavy atom. The van der Waals surface area contributed by atoms with Crippen LogP contribution in [0.3, 0.4) is 0 Å². The number of hydrogen-bond acceptors (Lipinski definition) is 5. The Morgan fingerprint density at radius 3 is 2.55 bits per heavy atom. The van der Waals surface area contributed by atoms with Crippen LogP contribution in [0.5, 0.6) is 5.75 Å². The van der Waals surface area contributed by atoms with E-state index in [4.69, 9.17) is 9.47 Å². The maximum atomic E-state index is 11.3. The largest absolute Gasteiger partial charge is 0.497 e. The van der Waals surface area contributed by atoms with Crippen LogP contribution in [0.25, 0.3) is 0 Å². The van der Waals surface area contributed by atoms with E-state index in [2.05, 4.69) is 15.6 Å². The monoisotopic (exact) mass is 301 g/mol. The molecule has 1 amide bonds. The Balaban J connectivity index is 1.86. The van der Waals surface area contributed by atoms with Crippen LogP contribution in [0.2, 0.25) is 0 Å². The SMILES string of the molecule is CCOC(=O)Nc1ccc(NCc2ccc(OC)cc2)cn1. The number of nitrogens with one attached hydrogen (secondary N) is 2. The lowest BCUT2D eigenvalue weighted by Crippen LogP contribution is -2.14. The molecule has 1 aromatic heterocycles. The summed E-state index contributed by atoms with van der Waals surface area (Å²) in [5.74, 6) is 1.29. The molecule has 116 valence electrons. The summed E-state index contributed by atoms with van der Waals surface area (Å²) in [4.78, 5) is 15.4. The van der Waals surface area contributed by atoms with Crippen molar-refractivity contribution >= 4 is 17.6 Å². The molecule has 6 nitrogen and oxygen atoms in total. The Morgan fingerprint density at radius 1 is 1.18 bits per heavy atom. The lowest BCUT2D eigenvalue weighted by Gasteiger charge is -2.08. The van der Waals surface area contributed by atoms with Crippen LogP contribution >= 0.6 is 0 Å². The van der Waals surface area contributed by atoms with Crippen LogP contribution in [0.15, 0.2) is 42.6 Å². The third-order valence-electron chi connectivity index (χ3n) is 2.92. The number of ether oxygens (including phenoxy) is 2. The van der Waals surface area contributed by atoms with Crippen LogP contribution in [-0.2, 0) is 11.3 Å². The lowest BCUT2D eigenvalue weighted by atomic mass is 10.2. The van der Waals surface area contributed by atoms with Gasteiger partial charge >= 0.3 is 6.09 Å². The van der Waals surface area contributed by atoms with E-state index in [1.165, 1.54) is 0 Å². The maximum Gasteiger partial charge on any atom is 0.412 e. The summed E-state index contributed by atoms with van der Waals surface area (Å²) in [5.41, 5.74) is 2.00. The predicted molar refractivity (Wildman–Crippen MR) is 85.2 cm³/mol. The first-order valence-electron chi connectivity index (χ1n) is 6.98. The number of nitrogens with zero attached hydrogens (tertiary/aromatic N) is 1. The average Bonchev–Trinajstić information content (AvgIpc) is 2.55. The van der Waals surface area contributed by atoms with Gasteiger partial charge in [-0.05, 0) is 36.8 Å². The number of rotatable bonds is 6. The molecule has 22 heavy (non-hydrogen) atoms. The molecule has 0 fully saturated rings. The fraction of sp³-hybridized carbons (Fsp3) is 0.250. The number of pyridine rings is 1. The highest BCUT2D eigenvalue weighted by atomic mass is 16.5. The van der Waals surface area contributed by atoms with Crippen molar-refractivity contribution in [2.45, 2.75) is 13.5 Å². The summed E-state index contributed by atoms with van der Waals surface area (Å²) in [6, 6.07) is 11.4. The van der Waals surface area contributed by atoms with Crippen molar-refractivity contribution in [3.05, 3.63) is 48.2 Å². The minimum absolute atomic E-state index is 0.327. The molecule has 6 heteroatoms. The zero-order valence-corrected chi connectivity index (χ0v) is 12.6. The van der Waals surface area contributed by atoms with E-state index >= 15 is 0 Å². The highest BCUT2D eigenvalue weighted by molar-refractivity contribution is 5.83. The first-order valence-corrected chi connectivity index (χ1v) is 6.98. The van der Waals surface area contributed by atoms with Gasteiger partial charge in [-0.1, -0.05) is 12.1 Å². The Bertz CT molecular complexity index is 597. The van der Waals surface area contributed by atoms with Gasteiger partial charge in [-0.2, -0.15) is 0 Å². The van der Waals surface area contributed by atoms with Crippen molar-refractivity contribution in [1.29, 1.82) is 0 Å². The normalized spacial score (nSPS) is 9.91. The summed E-state index contributed by atoms with van der Waals surface area (Å²) in [6.45, 7) is 2.75. The van der Waals surface area contributed by atoms with E-state index in [1.807, 2.05) is 30.3 Å². The summed E-state index contributed by atoms with van der Waals surface area (Å²) in [5, 5.41) is 5.80. The molecule has 2 aromatic rings. The van der Waals surface area contributed by atoms with Crippen molar-refractivity contribution in [3.63, 3.8) is 0 Å². The maximum absolute atomic E-state index is 11.3. The number of amides is 1. The van der Waals surface area contributed by atoms with Crippen LogP contribution in [0, 0.1) is 0 Å². The molecule has 0 spiro atoms. The molecule has 0 aliphatic heterocycles. The quantitative estimate of drug-likeness (QED) is 0.856. The number of carbonyl (C=O) groups excluding carboxylic acids is 1. The molecule has 0 bridgehead atoms. The van der Waals surface area contributed by atoms with Gasteiger partial charge in [0, 0.05) is 6.54 Å². The van der Waals surface area contributed by atoms with Crippen LogP contribution in [-0.4, -0.2) is 24.8 Å². The Labute approximate surface area is 129 Å². The van der Waals surface area contributed by atoms with Gasteiger partial charge in [0.1, 0.15) is 11.6 Å². The number of hydrogen-bond donors (Lipinski definition) is 2. The highest BCUT2D eigenvalue weighted by Crippen LogP contribution is 2.14. The third kappa shape index (κ3) is 4.66. The van der Waals surface area contributed by atoms with Crippen molar-refractivity contribution in [1.82, 2.24) is 4.98 Å². The van der Waals surface area contributed by atoms with Gasteiger partial charge in [-0.3, -0.25) is 5.32 Å². The summed E-state index contributed by atoms with van der Waals surface area (Å²) in [7, 11) is 1.64. The number of benzene rings is 1. The van der Waals surface area contributed by atoms with Gasteiger partial charge < -0.3 is 14.8 Å². The van der Waals surface area contributed by atoms with Gasteiger partial charge in [0.25, 0.3) is 0 Å². The fourth-order valence-electron chi connectivity index (χ4n) is 1.79. The number of anilines is 2. The number of methoxy groups -OCH3 is 1. The Hall–Kier alpha value is -2.76. The van der Waals surface area contributed by atoms with E-state index in [9.17, 15) is 4.79 Å². The van der Waals surface area contributed by atoms with Crippen molar-refractivity contribution < 1.29 is 14.3 Å². The molecule has 2 rings (SSSR count). The van der Waals surface area contributed by atoms with E-state index in [-0.39, 0.29) is 0 Å². The third-order valence-corrected chi connectivity index (χ3v) is 2.92. The van der Waals surface area contributed by atoms with E-state index in [1.54, 1.807) is 26.3 Å². The second-order valence-electron chi connectivity index (χ2n) is 4.48. The second kappa shape index (κ2) is 7.87. The molecular weight excluding hydrogens is 282 g/mol. The van der Waals surface area contributed by atoms with Gasteiger partial charge in [0.15, 0.2) is 0 Å². The number of carbonyl (C=O) groups is 1. The molecule has 0 unspecified atom stereocenters. The zero-order chi connectivity index (χ0) is 15.8. The molecule has 0 aliphatic carbocycles. The smallest absolute Gasteiger partial charge is 0.412 e. The van der Waals surface area contributed by atoms with Crippen LogP contribution < -0.4 is 15.4 Å². The van der Waals surface area contributed by atoms with E-state index < -0.39 is 6.09 Å². The average molecular weight is 301 g/mol.